The lowest BCUT2D eigenvalue weighted by atomic mass is 10.1. The molecule has 35 heavy (non-hydrogen) atoms. The summed E-state index contributed by atoms with van der Waals surface area (Å²) in [5.41, 5.74) is 1.30. The molecular weight excluding hydrogens is 466 g/mol. The van der Waals surface area contributed by atoms with Crippen LogP contribution in [0.4, 0.5) is 5.69 Å². The Balaban J connectivity index is 2.36. The molecule has 0 spiro atoms. The van der Waals surface area contributed by atoms with E-state index in [0.717, 1.165) is 29.0 Å². The highest BCUT2D eigenvalue weighted by Crippen LogP contribution is 2.29. The Morgan fingerprint density at radius 3 is 2.29 bits per heavy atom. The van der Waals surface area contributed by atoms with Gasteiger partial charge >= 0.3 is 0 Å². The number of hydrogen-bond acceptors (Lipinski definition) is 5. The molecule has 2 rings (SSSR count). The third-order valence-electron chi connectivity index (χ3n) is 5.73. The first-order valence-electron chi connectivity index (χ1n) is 11.9. The van der Waals surface area contributed by atoms with Gasteiger partial charge in [0.25, 0.3) is 0 Å². The van der Waals surface area contributed by atoms with Gasteiger partial charge in [-0.25, -0.2) is 8.42 Å². The fourth-order valence-electron chi connectivity index (χ4n) is 3.83. The van der Waals surface area contributed by atoms with Crippen molar-refractivity contribution in [1.82, 2.24) is 10.2 Å². The van der Waals surface area contributed by atoms with Gasteiger partial charge in [0.15, 0.2) is 0 Å². The number of carbonyl (C=O) groups is 2. The predicted octanol–water partition coefficient (Wildman–Crippen LogP) is 3.23. The van der Waals surface area contributed by atoms with Gasteiger partial charge in [-0.1, -0.05) is 62.7 Å². The Labute approximate surface area is 209 Å². The first-order chi connectivity index (χ1) is 16.7. The molecule has 0 saturated heterocycles. The van der Waals surface area contributed by atoms with Crippen molar-refractivity contribution in [3.05, 3.63) is 60.2 Å². The first-order valence-corrected chi connectivity index (χ1v) is 13.8. The fourth-order valence-corrected chi connectivity index (χ4v) is 4.69. The molecule has 0 radical (unpaired) electrons. The van der Waals surface area contributed by atoms with Crippen LogP contribution in [0.1, 0.15) is 38.7 Å². The lowest BCUT2D eigenvalue weighted by molar-refractivity contribution is -0.139. The molecule has 2 aromatic rings. The summed E-state index contributed by atoms with van der Waals surface area (Å²) in [5, 5.41) is 2.92. The van der Waals surface area contributed by atoms with E-state index in [-0.39, 0.29) is 18.1 Å². The van der Waals surface area contributed by atoms with E-state index in [1.807, 2.05) is 44.2 Å². The number of rotatable bonds is 14. The lowest BCUT2D eigenvalue weighted by Gasteiger charge is -2.33. The van der Waals surface area contributed by atoms with E-state index in [1.54, 1.807) is 24.3 Å². The summed E-state index contributed by atoms with van der Waals surface area (Å²) in [6.07, 6.45) is 3.78. The number of benzene rings is 2. The standard InChI is InChI=1S/C26H37N3O5S/c1-5-7-18-27-26(31)22(6-2)28(19-17-21-13-9-8-10-14-21)25(30)20-29(35(4,32)33)23-15-11-12-16-24(23)34-3/h8-16,22H,5-7,17-20H2,1-4H3,(H,27,31)/t22-/m0/s1. The molecule has 0 heterocycles. The maximum Gasteiger partial charge on any atom is 0.244 e. The highest BCUT2D eigenvalue weighted by Gasteiger charge is 2.32. The number of para-hydroxylation sites is 2. The number of nitrogens with one attached hydrogen (secondary N) is 1. The van der Waals surface area contributed by atoms with Crippen LogP contribution in [0, 0.1) is 0 Å². The number of amides is 2. The molecule has 1 N–H and O–H groups in total. The highest BCUT2D eigenvalue weighted by atomic mass is 32.2. The summed E-state index contributed by atoms with van der Waals surface area (Å²) >= 11 is 0. The minimum atomic E-state index is -3.81. The number of ether oxygens (including phenoxy) is 1. The van der Waals surface area contributed by atoms with Crippen molar-refractivity contribution in [3.8, 4) is 5.75 Å². The second-order valence-electron chi connectivity index (χ2n) is 8.33. The molecular formula is C26H37N3O5S. The van der Waals surface area contributed by atoms with Crippen LogP contribution in [0.15, 0.2) is 54.6 Å². The van der Waals surface area contributed by atoms with Crippen LogP contribution in [0.5, 0.6) is 5.75 Å². The summed E-state index contributed by atoms with van der Waals surface area (Å²) < 4.78 is 31.8. The molecule has 0 fully saturated rings. The summed E-state index contributed by atoms with van der Waals surface area (Å²) in [5.74, 6) is -0.341. The molecule has 2 aromatic carbocycles. The maximum absolute atomic E-state index is 13.6. The zero-order valence-corrected chi connectivity index (χ0v) is 21.9. The van der Waals surface area contributed by atoms with Crippen LogP contribution in [-0.4, -0.2) is 64.2 Å². The number of anilines is 1. The quantitative estimate of drug-likeness (QED) is 0.400. The second-order valence-corrected chi connectivity index (χ2v) is 10.2. The summed E-state index contributed by atoms with van der Waals surface area (Å²) in [4.78, 5) is 28.1. The summed E-state index contributed by atoms with van der Waals surface area (Å²) in [6, 6.07) is 15.6. The molecule has 0 aliphatic rings. The van der Waals surface area contributed by atoms with Gasteiger partial charge in [0, 0.05) is 13.1 Å². The molecule has 0 aromatic heterocycles. The summed E-state index contributed by atoms with van der Waals surface area (Å²) in [7, 11) is -2.37. The largest absolute Gasteiger partial charge is 0.495 e. The maximum atomic E-state index is 13.6. The topological polar surface area (TPSA) is 96.0 Å². The Bertz CT molecular complexity index is 1060. The van der Waals surface area contributed by atoms with Crippen molar-refractivity contribution in [3.63, 3.8) is 0 Å². The van der Waals surface area contributed by atoms with E-state index >= 15 is 0 Å². The predicted molar refractivity (Wildman–Crippen MR) is 139 cm³/mol. The average molecular weight is 504 g/mol. The number of hydrogen-bond donors (Lipinski definition) is 1. The minimum absolute atomic E-state index is 0.231. The smallest absolute Gasteiger partial charge is 0.244 e. The molecule has 192 valence electrons. The van der Waals surface area contributed by atoms with Crippen molar-refractivity contribution < 1.29 is 22.7 Å². The third-order valence-corrected chi connectivity index (χ3v) is 6.86. The van der Waals surface area contributed by atoms with Crippen molar-refractivity contribution in [2.45, 2.75) is 45.6 Å². The van der Waals surface area contributed by atoms with Crippen molar-refractivity contribution >= 4 is 27.5 Å². The van der Waals surface area contributed by atoms with Crippen LogP contribution in [-0.2, 0) is 26.0 Å². The molecule has 2 amide bonds. The van der Waals surface area contributed by atoms with Gasteiger partial charge in [0.1, 0.15) is 18.3 Å². The van der Waals surface area contributed by atoms with Gasteiger partial charge in [0.05, 0.1) is 19.1 Å². The minimum Gasteiger partial charge on any atom is -0.495 e. The van der Waals surface area contributed by atoms with Crippen molar-refractivity contribution in [2.24, 2.45) is 0 Å². The van der Waals surface area contributed by atoms with Crippen molar-refractivity contribution in [2.75, 3.05) is 37.3 Å². The van der Waals surface area contributed by atoms with Crippen LogP contribution in [0.25, 0.3) is 0 Å². The molecule has 0 aliphatic carbocycles. The molecule has 0 unspecified atom stereocenters. The van der Waals surface area contributed by atoms with Gasteiger partial charge in [-0.05, 0) is 37.0 Å². The Morgan fingerprint density at radius 2 is 1.69 bits per heavy atom. The van der Waals surface area contributed by atoms with E-state index < -0.39 is 28.5 Å². The summed E-state index contributed by atoms with van der Waals surface area (Å²) in [6.45, 7) is 4.26. The van der Waals surface area contributed by atoms with Crippen molar-refractivity contribution in [1.29, 1.82) is 0 Å². The SMILES string of the molecule is CCCCNC(=O)[C@H](CC)N(CCc1ccccc1)C(=O)CN(c1ccccc1OC)S(C)(=O)=O. The van der Waals surface area contributed by atoms with E-state index in [2.05, 4.69) is 5.32 Å². The number of sulfonamides is 1. The Hall–Kier alpha value is -3.07. The van der Waals surface area contributed by atoms with Gasteiger partial charge in [-0.3, -0.25) is 13.9 Å². The van der Waals surface area contributed by atoms with E-state index in [1.165, 1.54) is 12.0 Å². The number of methoxy groups -OCH3 is 1. The molecule has 9 heteroatoms. The molecule has 0 bridgehead atoms. The van der Waals surface area contributed by atoms with Gasteiger partial charge in [-0.15, -0.1) is 0 Å². The van der Waals surface area contributed by atoms with E-state index in [4.69, 9.17) is 4.74 Å². The first kappa shape index (κ1) is 28.2. The zero-order chi connectivity index (χ0) is 25.8. The van der Waals surface area contributed by atoms with Crippen LogP contribution in [0.3, 0.4) is 0 Å². The van der Waals surface area contributed by atoms with E-state index in [9.17, 15) is 18.0 Å². The molecule has 0 aliphatic heterocycles. The monoisotopic (exact) mass is 503 g/mol. The Kier molecular flexibility index (Phi) is 11.0. The lowest BCUT2D eigenvalue weighted by Crippen LogP contribution is -2.53. The van der Waals surface area contributed by atoms with Crippen LogP contribution < -0.4 is 14.4 Å². The molecule has 1 atom stereocenters. The number of nitrogens with zero attached hydrogens (tertiary/aromatic N) is 2. The van der Waals surface area contributed by atoms with Gasteiger partial charge in [0.2, 0.25) is 21.8 Å². The number of unbranched alkanes of at least 4 members (excludes halogenated alkanes) is 1. The zero-order valence-electron chi connectivity index (χ0n) is 21.1. The Morgan fingerprint density at radius 1 is 1.03 bits per heavy atom. The molecule has 8 nitrogen and oxygen atoms in total. The van der Waals surface area contributed by atoms with Crippen LogP contribution in [0.2, 0.25) is 0 Å². The number of carbonyl (C=O) groups excluding carboxylic acids is 2. The normalized spacial score (nSPS) is 12.0. The average Bonchev–Trinajstić information content (AvgIpc) is 2.84. The second kappa shape index (κ2) is 13.7. The van der Waals surface area contributed by atoms with Gasteiger partial charge in [-0.2, -0.15) is 0 Å². The third kappa shape index (κ3) is 8.28. The molecule has 0 saturated carbocycles. The van der Waals surface area contributed by atoms with Gasteiger partial charge < -0.3 is 15.0 Å². The van der Waals surface area contributed by atoms with E-state index in [0.29, 0.717) is 25.1 Å². The fraction of sp³-hybridized carbons (Fsp3) is 0.462. The highest BCUT2D eigenvalue weighted by molar-refractivity contribution is 7.92. The van der Waals surface area contributed by atoms with Crippen LogP contribution >= 0.6 is 0 Å².